The molecule has 0 heterocycles. The maximum Gasteiger partial charge on any atom is 0.102 e. The first-order valence-corrected chi connectivity index (χ1v) is 9.12. The molecule has 0 bridgehead atoms. The summed E-state index contributed by atoms with van der Waals surface area (Å²) in [6.45, 7) is 24.7. The first kappa shape index (κ1) is 22.4. The Hall–Kier alpha value is 0.350. The van der Waals surface area contributed by atoms with Crippen LogP contribution in [-0.4, -0.2) is 25.2 Å². The molecule has 0 aromatic rings. The number of hydrogen-bond acceptors (Lipinski definition) is 2. The second-order valence-electron chi connectivity index (χ2n) is 10.3. The Morgan fingerprint density at radius 1 is 0.864 bits per heavy atom. The zero-order valence-electron chi connectivity index (χ0n) is 16.8. The first-order valence-electron chi connectivity index (χ1n) is 8.55. The lowest BCUT2D eigenvalue weighted by atomic mass is 9.77. The quantitative estimate of drug-likeness (QED) is 0.526. The fraction of sp³-hybridized carbons (Fsp3) is 1.00. The Kier molecular flexibility index (Phi) is 8.08. The normalized spacial score (nSPS) is 18.1. The maximum absolute atomic E-state index is 6.15. The molecule has 0 saturated carbocycles. The van der Waals surface area contributed by atoms with Gasteiger partial charge in [-0.2, -0.15) is 0 Å². The molecule has 134 valence electrons. The molecule has 0 aliphatic heterocycles. The molecule has 0 aliphatic rings. The molecule has 0 rings (SSSR count). The summed E-state index contributed by atoms with van der Waals surface area (Å²) in [6.07, 6.45) is 1.14. The van der Waals surface area contributed by atoms with E-state index in [0.717, 1.165) is 19.6 Å². The van der Waals surface area contributed by atoms with Crippen LogP contribution >= 0.6 is 9.24 Å². The molecular weight excluding hydrogens is 291 g/mol. The van der Waals surface area contributed by atoms with Gasteiger partial charge in [-0.25, -0.2) is 0 Å². The molecule has 0 spiro atoms. The molecule has 0 aromatic heterocycles. The molecule has 0 saturated heterocycles. The van der Waals surface area contributed by atoms with Crippen LogP contribution in [0, 0.1) is 22.2 Å². The summed E-state index contributed by atoms with van der Waals surface area (Å²) in [4.78, 5) is 0. The van der Waals surface area contributed by atoms with Crippen molar-refractivity contribution in [2.75, 3.05) is 19.8 Å². The zero-order valence-corrected chi connectivity index (χ0v) is 18.0. The van der Waals surface area contributed by atoms with Gasteiger partial charge < -0.3 is 9.47 Å². The molecule has 0 amide bonds. The van der Waals surface area contributed by atoms with Gasteiger partial charge in [-0.3, -0.25) is 0 Å². The van der Waals surface area contributed by atoms with Gasteiger partial charge in [0.2, 0.25) is 0 Å². The van der Waals surface area contributed by atoms with Gasteiger partial charge in [0.25, 0.3) is 0 Å². The van der Waals surface area contributed by atoms with Crippen molar-refractivity contribution < 1.29 is 9.47 Å². The van der Waals surface area contributed by atoms with E-state index in [1.54, 1.807) is 0 Å². The van der Waals surface area contributed by atoms with Crippen LogP contribution in [0.5, 0.6) is 0 Å². The van der Waals surface area contributed by atoms with Crippen molar-refractivity contribution in [3.05, 3.63) is 0 Å². The number of ether oxygens (including phenoxy) is 2. The molecule has 2 nitrogen and oxygen atoms in total. The fourth-order valence-electron chi connectivity index (χ4n) is 2.58. The molecule has 0 aliphatic carbocycles. The standard InChI is InChI=1S/C19H41O2P/c1-15(17(5,6)7)11-20-14-19(10,22)21-13-18(8,9)12-16(2,3)4/h15H,11-14,22H2,1-10H3. The summed E-state index contributed by atoms with van der Waals surface area (Å²) in [6, 6.07) is 0. The highest BCUT2D eigenvalue weighted by atomic mass is 31.0. The lowest BCUT2D eigenvalue weighted by molar-refractivity contribution is -0.0713. The second kappa shape index (κ2) is 7.95. The molecule has 0 fully saturated rings. The third-order valence-electron chi connectivity index (χ3n) is 4.04. The lowest BCUT2D eigenvalue weighted by Gasteiger charge is -2.36. The van der Waals surface area contributed by atoms with Crippen LogP contribution < -0.4 is 0 Å². The second-order valence-corrected chi connectivity index (χ2v) is 11.5. The highest BCUT2D eigenvalue weighted by molar-refractivity contribution is 7.18. The van der Waals surface area contributed by atoms with Gasteiger partial charge in [0.05, 0.1) is 13.2 Å². The largest absolute Gasteiger partial charge is 0.378 e. The smallest absolute Gasteiger partial charge is 0.102 e. The molecule has 3 atom stereocenters. The fourth-order valence-corrected chi connectivity index (χ4v) is 2.78. The third-order valence-corrected chi connectivity index (χ3v) is 4.37. The van der Waals surface area contributed by atoms with Crippen molar-refractivity contribution in [3.63, 3.8) is 0 Å². The van der Waals surface area contributed by atoms with E-state index < -0.39 is 0 Å². The number of hydrogen-bond donors (Lipinski definition) is 0. The molecule has 0 aromatic carbocycles. The van der Waals surface area contributed by atoms with Crippen LogP contribution in [0.2, 0.25) is 0 Å². The summed E-state index contributed by atoms with van der Waals surface area (Å²) in [5.41, 5.74) is 0.782. The Bertz CT molecular complexity index is 321. The Balaban J connectivity index is 4.25. The molecule has 3 unspecified atom stereocenters. The van der Waals surface area contributed by atoms with Crippen molar-refractivity contribution in [2.24, 2.45) is 22.2 Å². The molecular formula is C19H41O2P. The molecule has 3 heteroatoms. The van der Waals surface area contributed by atoms with E-state index in [0.29, 0.717) is 17.9 Å². The van der Waals surface area contributed by atoms with Gasteiger partial charge in [0, 0.05) is 6.61 Å². The van der Waals surface area contributed by atoms with Crippen LogP contribution in [-0.2, 0) is 9.47 Å². The summed E-state index contributed by atoms with van der Waals surface area (Å²) in [5, 5.41) is -0.313. The predicted octanol–water partition coefficient (Wildman–Crippen LogP) is 5.76. The Labute approximate surface area is 142 Å². The van der Waals surface area contributed by atoms with Gasteiger partial charge in [-0.1, -0.05) is 62.3 Å². The van der Waals surface area contributed by atoms with Gasteiger partial charge in [-0.05, 0) is 35.5 Å². The van der Waals surface area contributed by atoms with E-state index in [-0.39, 0.29) is 16.2 Å². The van der Waals surface area contributed by atoms with E-state index >= 15 is 0 Å². The summed E-state index contributed by atoms with van der Waals surface area (Å²) < 4.78 is 12.1. The van der Waals surface area contributed by atoms with Crippen molar-refractivity contribution in [3.8, 4) is 0 Å². The van der Waals surface area contributed by atoms with Crippen molar-refractivity contribution in [1.29, 1.82) is 0 Å². The van der Waals surface area contributed by atoms with Crippen LogP contribution in [0.3, 0.4) is 0 Å². The van der Waals surface area contributed by atoms with Gasteiger partial charge in [0.15, 0.2) is 0 Å². The molecule has 0 N–H and O–H groups in total. The van der Waals surface area contributed by atoms with E-state index in [9.17, 15) is 0 Å². The van der Waals surface area contributed by atoms with Gasteiger partial charge >= 0.3 is 0 Å². The maximum atomic E-state index is 6.15. The molecule has 22 heavy (non-hydrogen) atoms. The minimum Gasteiger partial charge on any atom is -0.378 e. The van der Waals surface area contributed by atoms with Crippen LogP contribution in [0.15, 0.2) is 0 Å². The average Bonchev–Trinajstić information content (AvgIpc) is 2.22. The first-order chi connectivity index (χ1) is 9.54. The van der Waals surface area contributed by atoms with Gasteiger partial charge in [0.1, 0.15) is 5.34 Å². The molecule has 0 radical (unpaired) electrons. The Morgan fingerprint density at radius 3 is 1.77 bits per heavy atom. The van der Waals surface area contributed by atoms with Crippen molar-refractivity contribution >= 4 is 9.24 Å². The van der Waals surface area contributed by atoms with E-state index in [4.69, 9.17) is 9.47 Å². The minimum absolute atomic E-state index is 0.175. The highest BCUT2D eigenvalue weighted by Gasteiger charge is 2.29. The van der Waals surface area contributed by atoms with Crippen molar-refractivity contribution in [2.45, 2.75) is 81.0 Å². The number of rotatable bonds is 8. The van der Waals surface area contributed by atoms with E-state index in [2.05, 4.69) is 78.5 Å². The SMILES string of the molecule is CC(COCC(C)(P)OCC(C)(C)CC(C)(C)C)C(C)(C)C. The topological polar surface area (TPSA) is 18.5 Å². The van der Waals surface area contributed by atoms with Crippen LogP contribution in [0.1, 0.15) is 75.7 Å². The summed E-state index contributed by atoms with van der Waals surface area (Å²) in [7, 11) is 2.81. The third kappa shape index (κ3) is 11.0. The van der Waals surface area contributed by atoms with Crippen LogP contribution in [0.25, 0.3) is 0 Å². The monoisotopic (exact) mass is 332 g/mol. The lowest BCUT2D eigenvalue weighted by Crippen LogP contribution is -2.35. The van der Waals surface area contributed by atoms with Crippen LogP contribution in [0.4, 0.5) is 0 Å². The van der Waals surface area contributed by atoms with E-state index in [1.807, 2.05) is 0 Å². The highest BCUT2D eigenvalue weighted by Crippen LogP contribution is 2.35. The summed E-state index contributed by atoms with van der Waals surface area (Å²) in [5.74, 6) is 0.533. The average molecular weight is 333 g/mol. The minimum atomic E-state index is -0.313. The Morgan fingerprint density at radius 2 is 1.36 bits per heavy atom. The van der Waals surface area contributed by atoms with Gasteiger partial charge in [-0.15, -0.1) is 9.24 Å². The van der Waals surface area contributed by atoms with E-state index in [1.165, 1.54) is 0 Å². The van der Waals surface area contributed by atoms with Crippen molar-refractivity contribution in [1.82, 2.24) is 0 Å². The zero-order chi connectivity index (χ0) is 17.8. The summed E-state index contributed by atoms with van der Waals surface area (Å²) >= 11 is 0. The predicted molar refractivity (Wildman–Crippen MR) is 101 cm³/mol.